The predicted octanol–water partition coefficient (Wildman–Crippen LogP) is 2.87. The molecule has 1 aromatic carbocycles. The first-order valence-electron chi connectivity index (χ1n) is 5.82. The van der Waals surface area contributed by atoms with Gasteiger partial charge in [0.05, 0.1) is 6.61 Å². The quantitative estimate of drug-likeness (QED) is 0.849. The summed E-state index contributed by atoms with van der Waals surface area (Å²) >= 11 is 3.33. The van der Waals surface area contributed by atoms with Gasteiger partial charge in [-0.25, -0.2) is 4.39 Å². The summed E-state index contributed by atoms with van der Waals surface area (Å²) in [6.45, 7) is 2.39. The molecule has 0 fully saturated rings. The predicted molar refractivity (Wildman–Crippen MR) is 71.3 cm³/mol. The van der Waals surface area contributed by atoms with Crippen molar-refractivity contribution in [3.63, 3.8) is 0 Å². The summed E-state index contributed by atoms with van der Waals surface area (Å²) in [6.07, 6.45) is 2.19. The fourth-order valence-electron chi connectivity index (χ4n) is 2.08. The van der Waals surface area contributed by atoms with Crippen LogP contribution >= 0.6 is 15.9 Å². The number of benzene rings is 1. The van der Waals surface area contributed by atoms with Crippen LogP contribution < -0.4 is 5.73 Å². The molecule has 96 valence electrons. The van der Waals surface area contributed by atoms with E-state index in [2.05, 4.69) is 15.9 Å². The first kappa shape index (κ1) is 14.6. The minimum atomic E-state index is -0.406. The third-order valence-electron chi connectivity index (χ3n) is 3.12. The molecule has 4 heteroatoms. The maximum absolute atomic E-state index is 13.7. The summed E-state index contributed by atoms with van der Waals surface area (Å²) in [4.78, 5) is 0. The van der Waals surface area contributed by atoms with Crippen molar-refractivity contribution in [3.8, 4) is 0 Å². The normalized spacial score (nSPS) is 14.6. The molecule has 0 spiro atoms. The molecule has 0 saturated heterocycles. The molecule has 0 aliphatic heterocycles. The minimum absolute atomic E-state index is 0.0106. The second-order valence-electron chi connectivity index (χ2n) is 4.52. The van der Waals surface area contributed by atoms with Gasteiger partial charge in [-0.1, -0.05) is 29.3 Å². The molecular weight excluding hydrogens is 285 g/mol. The average Bonchev–Trinajstić information content (AvgIpc) is 2.33. The highest BCUT2D eigenvalue weighted by Gasteiger charge is 2.28. The van der Waals surface area contributed by atoms with Crippen LogP contribution in [0, 0.1) is 11.2 Å². The number of rotatable bonds is 6. The van der Waals surface area contributed by atoms with E-state index in [1.807, 2.05) is 6.92 Å². The Labute approximate surface area is 110 Å². The van der Waals surface area contributed by atoms with Gasteiger partial charge in [0.2, 0.25) is 0 Å². The molecule has 0 heterocycles. The number of hydrogen-bond donors (Lipinski definition) is 2. The largest absolute Gasteiger partial charge is 0.396 e. The highest BCUT2D eigenvalue weighted by Crippen LogP contribution is 2.29. The van der Waals surface area contributed by atoms with Crippen LogP contribution in [0.3, 0.4) is 0 Å². The average molecular weight is 304 g/mol. The molecule has 1 aromatic rings. The van der Waals surface area contributed by atoms with E-state index < -0.39 is 5.41 Å². The molecule has 0 aliphatic rings. The van der Waals surface area contributed by atoms with E-state index in [0.29, 0.717) is 18.5 Å². The molecule has 1 rings (SSSR count). The Morgan fingerprint density at radius 2 is 2.18 bits per heavy atom. The molecule has 1 unspecified atom stereocenters. The van der Waals surface area contributed by atoms with Crippen molar-refractivity contribution in [2.24, 2.45) is 11.1 Å². The van der Waals surface area contributed by atoms with Crippen molar-refractivity contribution in [1.82, 2.24) is 0 Å². The number of halogens is 2. The number of aliphatic hydroxyl groups is 1. The van der Waals surface area contributed by atoms with E-state index in [1.165, 1.54) is 6.07 Å². The van der Waals surface area contributed by atoms with Crippen LogP contribution in [0.4, 0.5) is 4.39 Å². The van der Waals surface area contributed by atoms with E-state index >= 15 is 0 Å². The Bertz CT molecular complexity index is 366. The topological polar surface area (TPSA) is 46.2 Å². The lowest BCUT2D eigenvalue weighted by atomic mass is 9.78. The van der Waals surface area contributed by atoms with Gasteiger partial charge in [0.25, 0.3) is 0 Å². The van der Waals surface area contributed by atoms with E-state index in [4.69, 9.17) is 5.73 Å². The molecule has 0 aliphatic carbocycles. The maximum Gasteiger partial charge on any atom is 0.126 e. The van der Waals surface area contributed by atoms with Crippen molar-refractivity contribution < 1.29 is 9.50 Å². The third-order valence-corrected chi connectivity index (χ3v) is 3.62. The molecular formula is C13H19BrFNO. The molecule has 0 radical (unpaired) electrons. The Balaban J connectivity index is 2.96. The lowest BCUT2D eigenvalue weighted by Crippen LogP contribution is -2.36. The van der Waals surface area contributed by atoms with Crippen molar-refractivity contribution in [2.75, 3.05) is 13.2 Å². The van der Waals surface area contributed by atoms with Gasteiger partial charge in [-0.15, -0.1) is 0 Å². The van der Waals surface area contributed by atoms with Crippen LogP contribution in [0.2, 0.25) is 0 Å². The Kier molecular flexibility index (Phi) is 5.56. The van der Waals surface area contributed by atoms with Gasteiger partial charge in [0, 0.05) is 16.4 Å². The highest BCUT2D eigenvalue weighted by atomic mass is 79.9. The summed E-state index contributed by atoms with van der Waals surface area (Å²) in [5.74, 6) is -0.240. The second-order valence-corrected chi connectivity index (χ2v) is 5.44. The van der Waals surface area contributed by atoms with Crippen LogP contribution in [0.1, 0.15) is 25.3 Å². The van der Waals surface area contributed by atoms with E-state index in [-0.39, 0.29) is 12.4 Å². The van der Waals surface area contributed by atoms with E-state index in [9.17, 15) is 9.50 Å². The van der Waals surface area contributed by atoms with Crippen LogP contribution in [-0.4, -0.2) is 18.3 Å². The van der Waals surface area contributed by atoms with E-state index in [1.54, 1.807) is 12.1 Å². The van der Waals surface area contributed by atoms with Gasteiger partial charge >= 0.3 is 0 Å². The van der Waals surface area contributed by atoms with Crippen molar-refractivity contribution in [3.05, 3.63) is 34.1 Å². The third kappa shape index (κ3) is 3.76. The van der Waals surface area contributed by atoms with Gasteiger partial charge in [-0.05, 0) is 36.6 Å². The fraction of sp³-hybridized carbons (Fsp3) is 0.538. The summed E-state index contributed by atoms with van der Waals surface area (Å²) in [6, 6.07) is 4.86. The number of aliphatic hydroxyl groups excluding tert-OH is 1. The monoisotopic (exact) mass is 303 g/mol. The summed E-state index contributed by atoms with van der Waals surface area (Å²) in [5, 5.41) is 9.51. The Hall–Kier alpha value is -0.450. The van der Waals surface area contributed by atoms with Crippen LogP contribution in [0.5, 0.6) is 0 Å². The molecule has 0 saturated carbocycles. The SMILES string of the molecule is CCCC(CN)(CO)Cc1cc(Br)ccc1F. The fourth-order valence-corrected chi connectivity index (χ4v) is 2.48. The smallest absolute Gasteiger partial charge is 0.126 e. The second kappa shape index (κ2) is 6.47. The molecule has 3 N–H and O–H groups in total. The molecule has 1 atom stereocenters. The zero-order valence-electron chi connectivity index (χ0n) is 10.0. The van der Waals surface area contributed by atoms with E-state index in [0.717, 1.165) is 17.3 Å². The van der Waals surface area contributed by atoms with Gasteiger partial charge in [0.15, 0.2) is 0 Å². The number of nitrogens with two attached hydrogens (primary N) is 1. The standard InChI is InChI=1S/C13H19BrFNO/c1-2-5-13(8-16,9-17)7-10-6-11(14)3-4-12(10)15/h3-4,6,17H,2,5,7-9,16H2,1H3. The molecule has 2 nitrogen and oxygen atoms in total. The maximum atomic E-state index is 13.7. The Morgan fingerprint density at radius 1 is 1.47 bits per heavy atom. The zero-order chi connectivity index (χ0) is 12.9. The van der Waals surface area contributed by atoms with Crippen LogP contribution in [0.25, 0.3) is 0 Å². The van der Waals surface area contributed by atoms with Crippen LogP contribution in [0.15, 0.2) is 22.7 Å². The molecule has 0 bridgehead atoms. The molecule has 17 heavy (non-hydrogen) atoms. The molecule has 0 aromatic heterocycles. The van der Waals surface area contributed by atoms with Gasteiger partial charge in [-0.3, -0.25) is 0 Å². The number of hydrogen-bond acceptors (Lipinski definition) is 2. The summed E-state index contributed by atoms with van der Waals surface area (Å²) in [7, 11) is 0. The lowest BCUT2D eigenvalue weighted by Gasteiger charge is -2.30. The van der Waals surface area contributed by atoms with Crippen molar-refractivity contribution >= 4 is 15.9 Å². The van der Waals surface area contributed by atoms with Gasteiger partial charge in [0.1, 0.15) is 5.82 Å². The highest BCUT2D eigenvalue weighted by molar-refractivity contribution is 9.10. The Morgan fingerprint density at radius 3 is 2.71 bits per heavy atom. The minimum Gasteiger partial charge on any atom is -0.396 e. The van der Waals surface area contributed by atoms with Gasteiger partial charge in [-0.2, -0.15) is 0 Å². The van der Waals surface area contributed by atoms with Gasteiger partial charge < -0.3 is 10.8 Å². The first-order valence-corrected chi connectivity index (χ1v) is 6.61. The molecule has 0 amide bonds. The summed E-state index contributed by atoms with van der Waals surface area (Å²) < 4.78 is 14.5. The first-order chi connectivity index (χ1) is 8.06. The zero-order valence-corrected chi connectivity index (χ0v) is 11.6. The van der Waals surface area contributed by atoms with Crippen molar-refractivity contribution in [2.45, 2.75) is 26.2 Å². The van der Waals surface area contributed by atoms with Crippen LogP contribution in [-0.2, 0) is 6.42 Å². The summed E-state index contributed by atoms with van der Waals surface area (Å²) in [5.41, 5.74) is 5.94. The van der Waals surface area contributed by atoms with Crippen molar-refractivity contribution in [1.29, 1.82) is 0 Å². The lowest BCUT2D eigenvalue weighted by molar-refractivity contribution is 0.120.